The maximum absolute atomic E-state index is 12.1. The summed E-state index contributed by atoms with van der Waals surface area (Å²) < 4.78 is 1.73. The summed E-state index contributed by atoms with van der Waals surface area (Å²) in [4.78, 5) is 22.6. The Morgan fingerprint density at radius 2 is 2.09 bits per heavy atom. The van der Waals surface area contributed by atoms with Gasteiger partial charge in [0.2, 0.25) is 5.78 Å². The Balaban J connectivity index is 1.48. The number of hydrogen-bond acceptors (Lipinski definition) is 4. The standard InChI is InChI=1S/C17H19N5O/c1-21(14-7-3-2-4-8-14)11-5-9-18-16(23)15-13-22-12-6-10-19-17(22)20-15/h2-4,6-8,10,12-13H,5,9,11H2,1H3,(H,18,23). The molecule has 1 N–H and O–H groups in total. The van der Waals surface area contributed by atoms with Crippen LogP contribution < -0.4 is 10.2 Å². The van der Waals surface area contributed by atoms with Gasteiger partial charge in [0.15, 0.2) is 0 Å². The molecule has 0 atom stereocenters. The summed E-state index contributed by atoms with van der Waals surface area (Å²) in [7, 11) is 2.05. The number of anilines is 1. The van der Waals surface area contributed by atoms with Crippen molar-refractivity contribution in [1.82, 2.24) is 19.7 Å². The summed E-state index contributed by atoms with van der Waals surface area (Å²) >= 11 is 0. The summed E-state index contributed by atoms with van der Waals surface area (Å²) in [5.74, 6) is 0.360. The van der Waals surface area contributed by atoms with Gasteiger partial charge in [0.05, 0.1) is 0 Å². The largest absolute Gasteiger partial charge is 0.375 e. The number of imidazole rings is 1. The number of amides is 1. The highest BCUT2D eigenvalue weighted by atomic mass is 16.1. The molecular formula is C17H19N5O. The molecule has 0 fully saturated rings. The average molecular weight is 309 g/mol. The van der Waals surface area contributed by atoms with Gasteiger partial charge in [-0.15, -0.1) is 0 Å². The number of hydrogen-bond donors (Lipinski definition) is 1. The Bertz CT molecular complexity index is 751. The van der Waals surface area contributed by atoms with Crippen molar-refractivity contribution in [2.24, 2.45) is 0 Å². The second-order valence-corrected chi connectivity index (χ2v) is 5.32. The molecule has 0 bridgehead atoms. The molecule has 23 heavy (non-hydrogen) atoms. The number of aromatic nitrogens is 3. The van der Waals surface area contributed by atoms with Crippen molar-refractivity contribution in [1.29, 1.82) is 0 Å². The number of benzene rings is 1. The van der Waals surface area contributed by atoms with Crippen LogP contribution >= 0.6 is 0 Å². The predicted molar refractivity (Wildman–Crippen MR) is 89.6 cm³/mol. The number of carbonyl (C=O) groups is 1. The highest BCUT2D eigenvalue weighted by molar-refractivity contribution is 5.92. The van der Waals surface area contributed by atoms with Crippen molar-refractivity contribution in [3.05, 3.63) is 60.7 Å². The fourth-order valence-corrected chi connectivity index (χ4v) is 2.36. The number of rotatable bonds is 6. The lowest BCUT2D eigenvalue weighted by Gasteiger charge is -2.19. The molecule has 2 aromatic heterocycles. The first-order valence-corrected chi connectivity index (χ1v) is 7.58. The van der Waals surface area contributed by atoms with E-state index in [1.165, 1.54) is 5.69 Å². The summed E-state index contributed by atoms with van der Waals surface area (Å²) in [6.07, 6.45) is 6.03. The summed E-state index contributed by atoms with van der Waals surface area (Å²) in [6, 6.07) is 12.0. The van der Waals surface area contributed by atoms with Gasteiger partial charge in [-0.25, -0.2) is 9.97 Å². The Labute approximate surface area is 134 Å². The molecule has 2 heterocycles. The van der Waals surface area contributed by atoms with Crippen LogP contribution in [-0.2, 0) is 0 Å². The molecule has 6 heteroatoms. The van der Waals surface area contributed by atoms with E-state index in [0.29, 0.717) is 18.0 Å². The Morgan fingerprint density at radius 3 is 2.87 bits per heavy atom. The normalized spacial score (nSPS) is 10.7. The smallest absolute Gasteiger partial charge is 0.271 e. The Morgan fingerprint density at radius 1 is 1.26 bits per heavy atom. The van der Waals surface area contributed by atoms with Crippen molar-refractivity contribution < 1.29 is 4.79 Å². The van der Waals surface area contributed by atoms with Crippen LogP contribution in [0.25, 0.3) is 5.78 Å². The quantitative estimate of drug-likeness (QED) is 0.707. The summed E-state index contributed by atoms with van der Waals surface area (Å²) in [6.45, 7) is 1.48. The van der Waals surface area contributed by atoms with E-state index in [0.717, 1.165) is 13.0 Å². The second-order valence-electron chi connectivity index (χ2n) is 5.32. The molecule has 0 aliphatic heterocycles. The van der Waals surface area contributed by atoms with Crippen LogP contribution in [0.3, 0.4) is 0 Å². The molecule has 0 radical (unpaired) electrons. The van der Waals surface area contributed by atoms with Crippen LogP contribution in [0.1, 0.15) is 16.9 Å². The predicted octanol–water partition coefficient (Wildman–Crippen LogP) is 1.99. The molecular weight excluding hydrogens is 290 g/mol. The van der Waals surface area contributed by atoms with Crippen LogP contribution in [0.5, 0.6) is 0 Å². The van der Waals surface area contributed by atoms with Gasteiger partial charge in [-0.1, -0.05) is 18.2 Å². The number of para-hydroxylation sites is 1. The van der Waals surface area contributed by atoms with Crippen molar-refractivity contribution in [2.45, 2.75) is 6.42 Å². The fraction of sp³-hybridized carbons (Fsp3) is 0.235. The van der Waals surface area contributed by atoms with Crippen LogP contribution in [0, 0.1) is 0 Å². The minimum atomic E-state index is -0.169. The molecule has 0 saturated carbocycles. The van der Waals surface area contributed by atoms with E-state index in [4.69, 9.17) is 0 Å². The topological polar surface area (TPSA) is 62.5 Å². The Hall–Kier alpha value is -2.89. The first kappa shape index (κ1) is 15.0. The lowest BCUT2D eigenvalue weighted by atomic mass is 10.3. The van der Waals surface area contributed by atoms with Gasteiger partial charge in [-0.2, -0.15) is 0 Å². The molecule has 0 unspecified atom stereocenters. The zero-order chi connectivity index (χ0) is 16.1. The van der Waals surface area contributed by atoms with Crippen LogP contribution in [0.2, 0.25) is 0 Å². The SMILES string of the molecule is CN(CCCNC(=O)c1cn2cccnc2n1)c1ccccc1. The van der Waals surface area contributed by atoms with Crippen molar-refractivity contribution >= 4 is 17.4 Å². The minimum absolute atomic E-state index is 0.169. The molecule has 1 aromatic carbocycles. The molecule has 0 aliphatic rings. The number of nitrogens with zero attached hydrogens (tertiary/aromatic N) is 4. The van der Waals surface area contributed by atoms with Gasteiger partial charge in [0.25, 0.3) is 5.91 Å². The fourth-order valence-electron chi connectivity index (χ4n) is 2.36. The van der Waals surface area contributed by atoms with E-state index in [1.807, 2.05) is 31.4 Å². The van der Waals surface area contributed by atoms with Gasteiger partial charge in [0, 0.05) is 44.4 Å². The van der Waals surface area contributed by atoms with Crippen LogP contribution in [-0.4, -0.2) is 40.4 Å². The molecule has 3 aromatic rings. The highest BCUT2D eigenvalue weighted by Gasteiger charge is 2.10. The molecule has 118 valence electrons. The molecule has 0 spiro atoms. The third-order valence-corrected chi connectivity index (χ3v) is 3.62. The van der Waals surface area contributed by atoms with Gasteiger partial charge >= 0.3 is 0 Å². The maximum atomic E-state index is 12.1. The van der Waals surface area contributed by atoms with E-state index < -0.39 is 0 Å². The average Bonchev–Trinajstić information content (AvgIpc) is 3.03. The molecule has 1 amide bonds. The zero-order valence-corrected chi connectivity index (χ0v) is 13.0. The van der Waals surface area contributed by atoms with E-state index >= 15 is 0 Å². The van der Waals surface area contributed by atoms with E-state index in [-0.39, 0.29) is 5.91 Å². The summed E-state index contributed by atoms with van der Waals surface area (Å²) in [5, 5.41) is 2.90. The van der Waals surface area contributed by atoms with E-state index in [9.17, 15) is 4.79 Å². The molecule has 0 aliphatic carbocycles. The number of nitrogens with one attached hydrogen (secondary N) is 1. The van der Waals surface area contributed by atoms with Gasteiger partial charge in [-0.05, 0) is 24.6 Å². The first-order valence-electron chi connectivity index (χ1n) is 7.58. The highest BCUT2D eigenvalue weighted by Crippen LogP contribution is 2.10. The van der Waals surface area contributed by atoms with E-state index in [2.05, 4.69) is 32.3 Å². The third-order valence-electron chi connectivity index (χ3n) is 3.62. The maximum Gasteiger partial charge on any atom is 0.271 e. The molecule has 3 rings (SSSR count). The monoisotopic (exact) mass is 309 g/mol. The van der Waals surface area contributed by atoms with Crippen molar-refractivity contribution in [3.8, 4) is 0 Å². The Kier molecular flexibility index (Phi) is 4.52. The first-order chi connectivity index (χ1) is 11.2. The van der Waals surface area contributed by atoms with Crippen molar-refractivity contribution in [3.63, 3.8) is 0 Å². The number of carbonyl (C=O) groups excluding carboxylic acids is 1. The van der Waals surface area contributed by atoms with E-state index in [1.54, 1.807) is 22.9 Å². The second kappa shape index (κ2) is 6.91. The van der Waals surface area contributed by atoms with Gasteiger partial charge in [-0.3, -0.25) is 9.20 Å². The van der Waals surface area contributed by atoms with Gasteiger partial charge in [0.1, 0.15) is 5.69 Å². The zero-order valence-electron chi connectivity index (χ0n) is 13.0. The van der Waals surface area contributed by atoms with Gasteiger partial charge < -0.3 is 10.2 Å². The lowest BCUT2D eigenvalue weighted by Crippen LogP contribution is -2.28. The molecule has 6 nitrogen and oxygen atoms in total. The van der Waals surface area contributed by atoms with Crippen LogP contribution in [0.15, 0.2) is 55.0 Å². The third kappa shape index (κ3) is 3.66. The lowest BCUT2D eigenvalue weighted by molar-refractivity contribution is 0.0949. The van der Waals surface area contributed by atoms with Crippen molar-refractivity contribution in [2.75, 3.05) is 25.0 Å². The minimum Gasteiger partial charge on any atom is -0.375 e. The summed E-state index contributed by atoms with van der Waals surface area (Å²) in [5.41, 5.74) is 1.56. The number of fused-ring (bicyclic) bond motifs is 1. The van der Waals surface area contributed by atoms with Crippen LogP contribution in [0.4, 0.5) is 5.69 Å². The molecule has 0 saturated heterocycles.